The molecular formula is C12H16N2O2S. The van der Waals surface area contributed by atoms with Gasteiger partial charge in [-0.2, -0.15) is 0 Å². The molecule has 0 aliphatic heterocycles. The number of hydrogen-bond donors (Lipinski definition) is 1. The molecule has 3 unspecified atom stereocenters. The van der Waals surface area contributed by atoms with Gasteiger partial charge in [-0.05, 0) is 31.1 Å². The summed E-state index contributed by atoms with van der Waals surface area (Å²) < 4.78 is 2.21. The molecule has 3 rings (SSSR count). The number of carbonyl (C=O) groups is 1. The second-order valence-electron chi connectivity index (χ2n) is 5.04. The van der Waals surface area contributed by atoms with Crippen LogP contribution in [-0.4, -0.2) is 26.4 Å². The second-order valence-corrected chi connectivity index (χ2v) is 5.98. The van der Waals surface area contributed by atoms with E-state index in [0.29, 0.717) is 6.04 Å². The molecule has 0 radical (unpaired) electrons. The standard InChI is InChI=1S/C12H16N2O2S/c15-11(16)7-17-12-13-3-4-14(12)10-6-8-1-2-9(10)5-8/h3-4,8-10H,1-2,5-7H2,(H,15,16). The largest absolute Gasteiger partial charge is 0.481 e. The Morgan fingerprint density at radius 3 is 3.06 bits per heavy atom. The summed E-state index contributed by atoms with van der Waals surface area (Å²) >= 11 is 1.33. The topological polar surface area (TPSA) is 55.1 Å². The summed E-state index contributed by atoms with van der Waals surface area (Å²) in [5.74, 6) is 0.998. The van der Waals surface area contributed by atoms with E-state index < -0.39 is 5.97 Å². The van der Waals surface area contributed by atoms with Crippen LogP contribution >= 0.6 is 11.8 Å². The zero-order valence-electron chi connectivity index (χ0n) is 9.58. The van der Waals surface area contributed by atoms with E-state index in [4.69, 9.17) is 5.11 Å². The molecule has 2 aliphatic carbocycles. The molecule has 0 amide bonds. The van der Waals surface area contributed by atoms with Gasteiger partial charge in [0.25, 0.3) is 0 Å². The molecule has 1 aromatic heterocycles. The van der Waals surface area contributed by atoms with E-state index in [1.54, 1.807) is 6.20 Å². The number of thioether (sulfide) groups is 1. The zero-order chi connectivity index (χ0) is 11.8. The molecule has 5 heteroatoms. The van der Waals surface area contributed by atoms with Crippen molar-refractivity contribution in [2.45, 2.75) is 36.9 Å². The van der Waals surface area contributed by atoms with Crippen LogP contribution in [0, 0.1) is 11.8 Å². The molecule has 0 saturated heterocycles. The first kappa shape index (κ1) is 11.1. The minimum Gasteiger partial charge on any atom is -0.481 e. The number of aliphatic carboxylic acids is 1. The Balaban J connectivity index is 1.74. The lowest BCUT2D eigenvalue weighted by atomic mass is 9.95. The van der Waals surface area contributed by atoms with Crippen molar-refractivity contribution in [2.75, 3.05) is 5.75 Å². The molecule has 4 nitrogen and oxygen atoms in total. The highest BCUT2D eigenvalue weighted by Crippen LogP contribution is 2.51. The molecule has 1 aromatic rings. The normalized spacial score (nSPS) is 30.9. The van der Waals surface area contributed by atoms with Crippen LogP contribution < -0.4 is 0 Å². The van der Waals surface area contributed by atoms with Crippen molar-refractivity contribution < 1.29 is 9.90 Å². The van der Waals surface area contributed by atoms with Crippen molar-refractivity contribution in [3.63, 3.8) is 0 Å². The summed E-state index contributed by atoms with van der Waals surface area (Å²) in [4.78, 5) is 14.9. The van der Waals surface area contributed by atoms with Crippen LogP contribution in [-0.2, 0) is 4.79 Å². The average molecular weight is 252 g/mol. The maximum absolute atomic E-state index is 10.6. The van der Waals surface area contributed by atoms with Crippen LogP contribution in [0.2, 0.25) is 0 Å². The van der Waals surface area contributed by atoms with Gasteiger partial charge in [-0.15, -0.1) is 0 Å². The lowest BCUT2D eigenvalue weighted by Gasteiger charge is -2.24. The third-order valence-corrected chi connectivity index (χ3v) is 4.98. The Morgan fingerprint density at radius 1 is 1.53 bits per heavy atom. The number of imidazole rings is 1. The summed E-state index contributed by atoms with van der Waals surface area (Å²) in [5, 5.41) is 9.58. The molecule has 2 fully saturated rings. The number of rotatable bonds is 4. The van der Waals surface area contributed by atoms with Crippen LogP contribution in [0.5, 0.6) is 0 Å². The van der Waals surface area contributed by atoms with E-state index in [0.717, 1.165) is 17.0 Å². The Bertz CT molecular complexity index is 432. The minimum atomic E-state index is -0.780. The summed E-state index contributed by atoms with van der Waals surface area (Å²) in [6, 6.07) is 0.563. The van der Waals surface area contributed by atoms with Crippen molar-refractivity contribution in [2.24, 2.45) is 11.8 Å². The van der Waals surface area contributed by atoms with E-state index in [-0.39, 0.29) is 5.75 Å². The summed E-state index contributed by atoms with van der Waals surface area (Å²) in [7, 11) is 0. The molecule has 1 N–H and O–H groups in total. The smallest absolute Gasteiger partial charge is 0.313 e. The van der Waals surface area contributed by atoms with Crippen LogP contribution in [0.1, 0.15) is 31.7 Å². The van der Waals surface area contributed by atoms with E-state index in [1.807, 2.05) is 6.20 Å². The van der Waals surface area contributed by atoms with Gasteiger partial charge in [0.1, 0.15) is 0 Å². The van der Waals surface area contributed by atoms with E-state index >= 15 is 0 Å². The first-order chi connectivity index (χ1) is 8.24. The quantitative estimate of drug-likeness (QED) is 0.836. The van der Waals surface area contributed by atoms with Gasteiger partial charge < -0.3 is 9.67 Å². The number of carboxylic acid groups (broad SMARTS) is 1. The van der Waals surface area contributed by atoms with Gasteiger partial charge in [0.15, 0.2) is 5.16 Å². The first-order valence-electron chi connectivity index (χ1n) is 6.11. The zero-order valence-corrected chi connectivity index (χ0v) is 10.4. The van der Waals surface area contributed by atoms with Gasteiger partial charge in [0.2, 0.25) is 0 Å². The molecule has 17 heavy (non-hydrogen) atoms. The van der Waals surface area contributed by atoms with Crippen LogP contribution in [0.25, 0.3) is 0 Å². The molecule has 3 atom stereocenters. The van der Waals surface area contributed by atoms with Gasteiger partial charge in [-0.1, -0.05) is 18.2 Å². The van der Waals surface area contributed by atoms with Crippen LogP contribution in [0.3, 0.4) is 0 Å². The first-order valence-corrected chi connectivity index (χ1v) is 7.10. The van der Waals surface area contributed by atoms with Crippen molar-refractivity contribution in [1.82, 2.24) is 9.55 Å². The van der Waals surface area contributed by atoms with Gasteiger partial charge >= 0.3 is 5.97 Å². The van der Waals surface area contributed by atoms with Gasteiger partial charge in [-0.25, -0.2) is 4.98 Å². The monoisotopic (exact) mass is 252 g/mol. The molecule has 1 heterocycles. The fourth-order valence-electron chi connectivity index (χ4n) is 3.34. The van der Waals surface area contributed by atoms with E-state index in [2.05, 4.69) is 9.55 Å². The number of fused-ring (bicyclic) bond motifs is 2. The fraction of sp³-hybridized carbons (Fsp3) is 0.667. The van der Waals surface area contributed by atoms with Gasteiger partial charge in [0, 0.05) is 18.4 Å². The molecule has 2 aliphatic rings. The molecule has 0 aromatic carbocycles. The van der Waals surface area contributed by atoms with E-state index in [9.17, 15) is 4.79 Å². The molecular weight excluding hydrogens is 236 g/mol. The predicted octanol–water partition coefficient (Wildman–Crippen LogP) is 2.42. The number of carboxylic acids is 1. The van der Waals surface area contributed by atoms with Crippen molar-refractivity contribution in [1.29, 1.82) is 0 Å². The Hall–Kier alpha value is -0.970. The van der Waals surface area contributed by atoms with Crippen molar-refractivity contribution in [3.8, 4) is 0 Å². The molecule has 0 spiro atoms. The number of hydrogen-bond acceptors (Lipinski definition) is 3. The summed E-state index contributed by atoms with van der Waals surface area (Å²) in [6.07, 6.45) is 9.11. The predicted molar refractivity (Wildman–Crippen MR) is 65.1 cm³/mol. The van der Waals surface area contributed by atoms with Gasteiger partial charge in [0.05, 0.1) is 5.75 Å². The molecule has 92 valence electrons. The Kier molecular flexibility index (Phi) is 2.86. The summed E-state index contributed by atoms with van der Waals surface area (Å²) in [6.45, 7) is 0. The maximum atomic E-state index is 10.6. The van der Waals surface area contributed by atoms with Crippen molar-refractivity contribution in [3.05, 3.63) is 12.4 Å². The summed E-state index contributed by atoms with van der Waals surface area (Å²) in [5.41, 5.74) is 0. The number of nitrogens with zero attached hydrogens (tertiary/aromatic N) is 2. The van der Waals surface area contributed by atoms with Gasteiger partial charge in [-0.3, -0.25) is 4.79 Å². The van der Waals surface area contributed by atoms with E-state index in [1.165, 1.54) is 37.4 Å². The van der Waals surface area contributed by atoms with Crippen LogP contribution in [0.15, 0.2) is 17.6 Å². The van der Waals surface area contributed by atoms with Crippen molar-refractivity contribution >= 4 is 17.7 Å². The average Bonchev–Trinajstić information content (AvgIpc) is 3.01. The second kappa shape index (κ2) is 4.37. The van der Waals surface area contributed by atoms with Crippen LogP contribution in [0.4, 0.5) is 0 Å². The number of aromatic nitrogens is 2. The third-order valence-electron chi connectivity index (χ3n) is 4.02. The third kappa shape index (κ3) is 2.08. The Labute approximate surface area is 104 Å². The maximum Gasteiger partial charge on any atom is 0.313 e. The highest BCUT2D eigenvalue weighted by molar-refractivity contribution is 7.99. The molecule has 2 saturated carbocycles. The SMILES string of the molecule is O=C(O)CSc1nccn1C1CC2CCC1C2. The Morgan fingerprint density at radius 2 is 2.41 bits per heavy atom. The molecule has 2 bridgehead atoms. The lowest BCUT2D eigenvalue weighted by Crippen LogP contribution is -2.16. The fourth-order valence-corrected chi connectivity index (χ4v) is 4.07. The highest BCUT2D eigenvalue weighted by atomic mass is 32.2. The lowest BCUT2D eigenvalue weighted by molar-refractivity contribution is -0.133. The highest BCUT2D eigenvalue weighted by Gasteiger charge is 2.40. The minimum absolute atomic E-state index is 0.0951.